The minimum absolute atomic E-state index is 0.131. The zero-order valence-corrected chi connectivity index (χ0v) is 9.46. The molecule has 0 amide bonds. The number of hydrogen-bond donors (Lipinski definition) is 1. The van der Waals surface area contributed by atoms with Crippen molar-refractivity contribution in [2.24, 2.45) is 0 Å². The number of rotatable bonds is 6. The van der Waals surface area contributed by atoms with Gasteiger partial charge in [-0.1, -0.05) is 43.7 Å². The molecule has 0 aliphatic carbocycles. The third-order valence-corrected chi connectivity index (χ3v) is 3.20. The first kappa shape index (κ1) is 11.6. The van der Waals surface area contributed by atoms with Gasteiger partial charge in [-0.25, -0.2) is 0 Å². The fourth-order valence-electron chi connectivity index (χ4n) is 1.30. The summed E-state index contributed by atoms with van der Waals surface area (Å²) in [5.74, 6) is 1.85. The van der Waals surface area contributed by atoms with E-state index < -0.39 is 0 Å². The van der Waals surface area contributed by atoms with Crippen molar-refractivity contribution in [1.82, 2.24) is 0 Å². The quantitative estimate of drug-likeness (QED) is 0.778. The lowest BCUT2D eigenvalue weighted by Crippen LogP contribution is -2.08. The largest absolute Gasteiger partial charge is 0.392 e. The molecule has 1 nitrogen and oxygen atoms in total. The third-order valence-electron chi connectivity index (χ3n) is 2.04. The average Bonchev–Trinajstić information content (AvgIpc) is 2.20. The first-order valence-electron chi connectivity index (χ1n) is 5.12. The van der Waals surface area contributed by atoms with Gasteiger partial charge in [0.1, 0.15) is 0 Å². The second kappa shape index (κ2) is 6.91. The minimum Gasteiger partial charge on any atom is -0.392 e. The van der Waals surface area contributed by atoms with Crippen molar-refractivity contribution in [3.05, 3.63) is 35.9 Å². The van der Waals surface area contributed by atoms with Crippen molar-refractivity contribution in [1.29, 1.82) is 0 Å². The predicted octanol–water partition coefficient (Wildman–Crippen LogP) is 3.08. The van der Waals surface area contributed by atoms with E-state index in [1.54, 1.807) is 11.8 Å². The van der Waals surface area contributed by atoms with Crippen LogP contribution in [0.4, 0.5) is 0 Å². The molecule has 0 radical (unpaired) electrons. The highest BCUT2D eigenvalue weighted by atomic mass is 32.2. The molecule has 78 valence electrons. The molecule has 0 bridgehead atoms. The summed E-state index contributed by atoms with van der Waals surface area (Å²) < 4.78 is 0. The van der Waals surface area contributed by atoms with Crippen molar-refractivity contribution in [3.8, 4) is 0 Å². The van der Waals surface area contributed by atoms with Crippen molar-refractivity contribution in [2.75, 3.05) is 5.75 Å². The fraction of sp³-hybridized carbons (Fsp3) is 0.500. The summed E-state index contributed by atoms with van der Waals surface area (Å²) in [6.45, 7) is 2.10. The molecule has 0 spiro atoms. The van der Waals surface area contributed by atoms with Crippen molar-refractivity contribution in [2.45, 2.75) is 31.6 Å². The minimum atomic E-state index is -0.131. The molecular weight excluding hydrogens is 192 g/mol. The van der Waals surface area contributed by atoms with E-state index in [1.165, 1.54) is 5.56 Å². The Morgan fingerprint density at radius 2 is 2.00 bits per heavy atom. The highest BCUT2D eigenvalue weighted by Gasteiger charge is 2.02. The number of hydrogen-bond acceptors (Lipinski definition) is 2. The van der Waals surface area contributed by atoms with Crippen LogP contribution in [0.15, 0.2) is 30.3 Å². The lowest BCUT2D eigenvalue weighted by atomic mass is 10.2. The molecule has 0 saturated carbocycles. The van der Waals surface area contributed by atoms with Crippen molar-refractivity contribution < 1.29 is 5.11 Å². The summed E-state index contributed by atoms with van der Waals surface area (Å²) in [6, 6.07) is 10.4. The van der Waals surface area contributed by atoms with Crippen LogP contribution in [0.1, 0.15) is 25.3 Å². The van der Waals surface area contributed by atoms with Crippen LogP contribution in [0.5, 0.6) is 0 Å². The van der Waals surface area contributed by atoms with E-state index in [0.29, 0.717) is 0 Å². The number of benzene rings is 1. The second-order valence-corrected chi connectivity index (χ2v) is 4.47. The Kier molecular flexibility index (Phi) is 5.72. The van der Waals surface area contributed by atoms with Gasteiger partial charge >= 0.3 is 0 Å². The van der Waals surface area contributed by atoms with E-state index in [4.69, 9.17) is 0 Å². The number of aliphatic hydroxyl groups excluding tert-OH is 1. The lowest BCUT2D eigenvalue weighted by molar-refractivity contribution is 0.188. The maximum atomic E-state index is 9.51. The van der Waals surface area contributed by atoms with Gasteiger partial charge in [0.05, 0.1) is 6.10 Å². The van der Waals surface area contributed by atoms with Gasteiger partial charge in [-0.05, 0) is 12.0 Å². The summed E-state index contributed by atoms with van der Waals surface area (Å²) in [7, 11) is 0. The molecule has 1 atom stereocenters. The highest BCUT2D eigenvalue weighted by Crippen LogP contribution is 2.14. The molecule has 0 heterocycles. The van der Waals surface area contributed by atoms with Crippen LogP contribution in [-0.4, -0.2) is 17.0 Å². The number of aliphatic hydroxyl groups is 1. The summed E-state index contributed by atoms with van der Waals surface area (Å²) in [6.07, 6.45) is 1.85. The molecular formula is C12H18OS. The standard InChI is InChI=1S/C12H18OS/c1-2-6-12(13)10-14-9-11-7-4-3-5-8-11/h3-5,7-8,12-13H,2,6,9-10H2,1H3. The van der Waals surface area contributed by atoms with Crippen LogP contribution in [-0.2, 0) is 5.75 Å². The lowest BCUT2D eigenvalue weighted by Gasteiger charge is -2.08. The summed E-state index contributed by atoms with van der Waals surface area (Å²) in [5, 5.41) is 9.51. The summed E-state index contributed by atoms with van der Waals surface area (Å²) in [4.78, 5) is 0. The molecule has 1 rings (SSSR count). The van der Waals surface area contributed by atoms with Crippen LogP contribution < -0.4 is 0 Å². The van der Waals surface area contributed by atoms with Gasteiger partial charge in [-0.2, -0.15) is 11.8 Å². The molecule has 1 aromatic carbocycles. The Balaban J connectivity index is 2.16. The molecule has 1 N–H and O–H groups in total. The van der Waals surface area contributed by atoms with Crippen LogP contribution >= 0.6 is 11.8 Å². The van der Waals surface area contributed by atoms with Crippen LogP contribution in [0.25, 0.3) is 0 Å². The predicted molar refractivity (Wildman–Crippen MR) is 63.5 cm³/mol. The second-order valence-electron chi connectivity index (χ2n) is 3.44. The van der Waals surface area contributed by atoms with E-state index in [2.05, 4.69) is 31.2 Å². The molecule has 1 unspecified atom stereocenters. The topological polar surface area (TPSA) is 20.2 Å². The van der Waals surface area contributed by atoms with Crippen LogP contribution in [0.3, 0.4) is 0 Å². The van der Waals surface area contributed by atoms with E-state index in [9.17, 15) is 5.11 Å². The maximum Gasteiger partial charge on any atom is 0.0630 e. The molecule has 1 aromatic rings. The Morgan fingerprint density at radius 3 is 2.64 bits per heavy atom. The zero-order valence-electron chi connectivity index (χ0n) is 8.65. The van der Waals surface area contributed by atoms with Gasteiger partial charge in [0, 0.05) is 11.5 Å². The monoisotopic (exact) mass is 210 g/mol. The van der Waals surface area contributed by atoms with Crippen molar-refractivity contribution >= 4 is 11.8 Å². The van der Waals surface area contributed by atoms with Crippen molar-refractivity contribution in [3.63, 3.8) is 0 Å². The Bertz CT molecular complexity index is 235. The van der Waals surface area contributed by atoms with Gasteiger partial charge in [0.15, 0.2) is 0 Å². The summed E-state index contributed by atoms with van der Waals surface area (Å²) >= 11 is 1.80. The Morgan fingerprint density at radius 1 is 1.29 bits per heavy atom. The molecule has 0 aromatic heterocycles. The third kappa shape index (κ3) is 4.68. The summed E-state index contributed by atoms with van der Waals surface area (Å²) in [5.41, 5.74) is 1.33. The molecule has 0 aliphatic rings. The Hall–Kier alpha value is -0.470. The van der Waals surface area contributed by atoms with E-state index in [-0.39, 0.29) is 6.10 Å². The molecule has 2 heteroatoms. The van der Waals surface area contributed by atoms with Gasteiger partial charge in [-0.3, -0.25) is 0 Å². The molecule has 0 fully saturated rings. The normalized spacial score (nSPS) is 12.7. The van der Waals surface area contributed by atoms with Crippen LogP contribution in [0, 0.1) is 0 Å². The van der Waals surface area contributed by atoms with E-state index in [0.717, 1.165) is 24.3 Å². The van der Waals surface area contributed by atoms with E-state index >= 15 is 0 Å². The number of thioether (sulfide) groups is 1. The SMILES string of the molecule is CCCC(O)CSCc1ccccc1. The van der Waals surface area contributed by atoms with Gasteiger partial charge in [0.2, 0.25) is 0 Å². The fourth-order valence-corrected chi connectivity index (χ4v) is 2.29. The average molecular weight is 210 g/mol. The molecule has 14 heavy (non-hydrogen) atoms. The van der Waals surface area contributed by atoms with Gasteiger partial charge in [-0.15, -0.1) is 0 Å². The Labute approximate surface area is 90.5 Å². The zero-order chi connectivity index (χ0) is 10.2. The van der Waals surface area contributed by atoms with E-state index in [1.807, 2.05) is 6.07 Å². The van der Waals surface area contributed by atoms with Gasteiger partial charge < -0.3 is 5.11 Å². The smallest absolute Gasteiger partial charge is 0.0630 e. The maximum absolute atomic E-state index is 9.51. The first-order chi connectivity index (χ1) is 6.83. The highest BCUT2D eigenvalue weighted by molar-refractivity contribution is 7.98. The van der Waals surface area contributed by atoms with Gasteiger partial charge in [0.25, 0.3) is 0 Å². The van der Waals surface area contributed by atoms with Crippen LogP contribution in [0.2, 0.25) is 0 Å². The molecule has 0 aliphatic heterocycles. The molecule has 0 saturated heterocycles. The first-order valence-corrected chi connectivity index (χ1v) is 6.28.